The molecular weight excluding hydrogens is 270 g/mol. The molecule has 1 unspecified atom stereocenters. The highest BCUT2D eigenvalue weighted by atomic mass is 79.9. The van der Waals surface area contributed by atoms with Gasteiger partial charge in [-0.15, -0.1) is 0 Å². The van der Waals surface area contributed by atoms with Crippen LogP contribution in [0.4, 0.5) is 0 Å². The minimum Gasteiger partial charge on any atom is -0.327 e. The van der Waals surface area contributed by atoms with Gasteiger partial charge in [-0.1, -0.05) is 41.1 Å². The molecule has 0 heterocycles. The van der Waals surface area contributed by atoms with E-state index in [1.54, 1.807) is 0 Å². The minimum absolute atomic E-state index is 0.280. The molecule has 1 rings (SSSR count). The van der Waals surface area contributed by atoms with E-state index in [0.717, 1.165) is 12.8 Å². The fourth-order valence-electron chi connectivity index (χ4n) is 1.43. The second kappa shape index (κ2) is 7.31. The first-order valence-corrected chi connectivity index (χ1v) is 7.25. The molecule has 1 aromatic rings. The number of rotatable bonds is 6. The molecular formula is C12H18BrNS. The van der Waals surface area contributed by atoms with Gasteiger partial charge in [0, 0.05) is 10.5 Å². The molecule has 0 saturated heterocycles. The van der Waals surface area contributed by atoms with E-state index in [4.69, 9.17) is 5.73 Å². The van der Waals surface area contributed by atoms with Crippen molar-refractivity contribution in [3.8, 4) is 0 Å². The van der Waals surface area contributed by atoms with E-state index in [9.17, 15) is 0 Å². The highest BCUT2D eigenvalue weighted by Gasteiger charge is 2.06. The smallest absolute Gasteiger partial charge is 0.0207 e. The van der Waals surface area contributed by atoms with Gasteiger partial charge < -0.3 is 5.73 Å². The molecule has 1 atom stereocenters. The van der Waals surface area contributed by atoms with E-state index in [-0.39, 0.29) is 6.04 Å². The van der Waals surface area contributed by atoms with Crippen molar-refractivity contribution in [2.45, 2.75) is 25.8 Å². The van der Waals surface area contributed by atoms with Gasteiger partial charge in [-0.05, 0) is 36.0 Å². The van der Waals surface area contributed by atoms with Crippen LogP contribution in [0.3, 0.4) is 0 Å². The van der Waals surface area contributed by atoms with Gasteiger partial charge in [0.05, 0.1) is 0 Å². The first kappa shape index (κ1) is 13.1. The van der Waals surface area contributed by atoms with E-state index >= 15 is 0 Å². The van der Waals surface area contributed by atoms with E-state index in [0.29, 0.717) is 0 Å². The molecule has 0 aromatic heterocycles. The Balaban J connectivity index is 2.37. The lowest BCUT2D eigenvalue weighted by atomic mass is 10.1. The Bertz CT molecular complexity index is 291. The van der Waals surface area contributed by atoms with Gasteiger partial charge in [0.25, 0.3) is 0 Å². The molecule has 0 bridgehead atoms. The van der Waals surface area contributed by atoms with Crippen LogP contribution in [0.15, 0.2) is 28.7 Å². The molecule has 84 valence electrons. The Morgan fingerprint density at radius 1 is 1.40 bits per heavy atom. The topological polar surface area (TPSA) is 26.0 Å². The summed E-state index contributed by atoms with van der Waals surface area (Å²) < 4.78 is 1.17. The van der Waals surface area contributed by atoms with Gasteiger partial charge in [0.15, 0.2) is 0 Å². The van der Waals surface area contributed by atoms with Crippen LogP contribution in [0.1, 0.15) is 18.9 Å². The van der Waals surface area contributed by atoms with Gasteiger partial charge in [0.1, 0.15) is 0 Å². The SMILES string of the molecule is CCSCCC(N)Cc1ccccc1Br. The molecule has 0 radical (unpaired) electrons. The first-order chi connectivity index (χ1) is 7.24. The van der Waals surface area contributed by atoms with Crippen molar-refractivity contribution in [2.75, 3.05) is 11.5 Å². The van der Waals surface area contributed by atoms with Gasteiger partial charge in [-0.3, -0.25) is 0 Å². The Labute approximate surface area is 105 Å². The number of hydrogen-bond acceptors (Lipinski definition) is 2. The summed E-state index contributed by atoms with van der Waals surface area (Å²) in [5.41, 5.74) is 7.39. The highest BCUT2D eigenvalue weighted by Crippen LogP contribution is 2.18. The molecule has 15 heavy (non-hydrogen) atoms. The third-order valence-corrected chi connectivity index (χ3v) is 3.98. The van der Waals surface area contributed by atoms with Crippen molar-refractivity contribution in [1.82, 2.24) is 0 Å². The molecule has 0 aliphatic heterocycles. The zero-order valence-corrected chi connectivity index (χ0v) is 11.5. The average Bonchev–Trinajstić information content (AvgIpc) is 2.22. The quantitative estimate of drug-likeness (QED) is 0.811. The van der Waals surface area contributed by atoms with E-state index in [2.05, 4.69) is 41.1 Å². The molecule has 0 aliphatic rings. The van der Waals surface area contributed by atoms with Crippen LogP contribution in [-0.2, 0) is 6.42 Å². The third-order valence-electron chi connectivity index (χ3n) is 2.28. The zero-order valence-electron chi connectivity index (χ0n) is 9.08. The van der Waals surface area contributed by atoms with Crippen molar-refractivity contribution in [3.05, 3.63) is 34.3 Å². The minimum atomic E-state index is 0.280. The zero-order chi connectivity index (χ0) is 11.1. The first-order valence-electron chi connectivity index (χ1n) is 5.30. The van der Waals surface area contributed by atoms with Crippen molar-refractivity contribution in [3.63, 3.8) is 0 Å². The maximum Gasteiger partial charge on any atom is 0.0207 e. The summed E-state index contributed by atoms with van der Waals surface area (Å²) in [6, 6.07) is 8.59. The third kappa shape index (κ3) is 5.05. The van der Waals surface area contributed by atoms with Gasteiger partial charge >= 0.3 is 0 Å². The molecule has 2 N–H and O–H groups in total. The maximum atomic E-state index is 6.08. The predicted octanol–water partition coefficient (Wildman–Crippen LogP) is 3.46. The Morgan fingerprint density at radius 2 is 2.13 bits per heavy atom. The van der Waals surface area contributed by atoms with Crippen LogP contribution in [-0.4, -0.2) is 17.5 Å². The second-order valence-electron chi connectivity index (χ2n) is 3.54. The van der Waals surface area contributed by atoms with Crippen molar-refractivity contribution in [2.24, 2.45) is 5.73 Å². The fraction of sp³-hybridized carbons (Fsp3) is 0.500. The molecule has 0 aliphatic carbocycles. The summed E-state index contributed by atoms with van der Waals surface area (Å²) in [4.78, 5) is 0. The van der Waals surface area contributed by atoms with Crippen LogP contribution in [0.2, 0.25) is 0 Å². The molecule has 0 saturated carbocycles. The van der Waals surface area contributed by atoms with Crippen molar-refractivity contribution >= 4 is 27.7 Å². The average molecular weight is 288 g/mol. The van der Waals surface area contributed by atoms with Crippen molar-refractivity contribution < 1.29 is 0 Å². The fourth-order valence-corrected chi connectivity index (χ4v) is 2.63. The van der Waals surface area contributed by atoms with E-state index < -0.39 is 0 Å². The van der Waals surface area contributed by atoms with Crippen LogP contribution >= 0.6 is 27.7 Å². The Hall–Kier alpha value is 0.01000. The lowest BCUT2D eigenvalue weighted by Gasteiger charge is -2.12. The summed E-state index contributed by atoms with van der Waals surface area (Å²) in [7, 11) is 0. The molecule has 0 fully saturated rings. The number of nitrogens with two attached hydrogens (primary N) is 1. The van der Waals surface area contributed by atoms with Crippen molar-refractivity contribution in [1.29, 1.82) is 0 Å². The Kier molecular flexibility index (Phi) is 6.37. The summed E-state index contributed by atoms with van der Waals surface area (Å²) in [6.45, 7) is 2.18. The summed E-state index contributed by atoms with van der Waals surface area (Å²) in [6.07, 6.45) is 2.06. The predicted molar refractivity (Wildman–Crippen MR) is 73.4 cm³/mol. The number of halogens is 1. The summed E-state index contributed by atoms with van der Waals surface area (Å²) in [5, 5.41) is 0. The van der Waals surface area contributed by atoms with Gasteiger partial charge in [0.2, 0.25) is 0 Å². The Morgan fingerprint density at radius 3 is 2.80 bits per heavy atom. The molecule has 0 spiro atoms. The largest absolute Gasteiger partial charge is 0.327 e. The number of thioether (sulfide) groups is 1. The number of hydrogen-bond donors (Lipinski definition) is 1. The van der Waals surface area contributed by atoms with E-state index in [1.807, 2.05) is 17.8 Å². The summed E-state index contributed by atoms with van der Waals surface area (Å²) in [5.74, 6) is 2.35. The van der Waals surface area contributed by atoms with E-state index in [1.165, 1.54) is 21.5 Å². The normalized spacial score (nSPS) is 12.7. The van der Waals surface area contributed by atoms with Crippen LogP contribution < -0.4 is 5.73 Å². The molecule has 1 nitrogen and oxygen atoms in total. The lowest BCUT2D eigenvalue weighted by molar-refractivity contribution is 0.650. The standard InChI is InChI=1S/C12H18BrNS/c1-2-15-8-7-11(14)9-10-5-3-4-6-12(10)13/h3-6,11H,2,7-9,14H2,1H3. The van der Waals surface area contributed by atoms with Gasteiger partial charge in [-0.25, -0.2) is 0 Å². The second-order valence-corrected chi connectivity index (χ2v) is 5.79. The molecule has 3 heteroatoms. The molecule has 1 aromatic carbocycles. The number of benzene rings is 1. The highest BCUT2D eigenvalue weighted by molar-refractivity contribution is 9.10. The summed E-state index contributed by atoms with van der Waals surface area (Å²) >= 11 is 5.51. The molecule has 0 amide bonds. The van der Waals surface area contributed by atoms with Crippen LogP contribution in [0.5, 0.6) is 0 Å². The van der Waals surface area contributed by atoms with Gasteiger partial charge in [-0.2, -0.15) is 11.8 Å². The van der Waals surface area contributed by atoms with Crippen LogP contribution in [0.25, 0.3) is 0 Å². The monoisotopic (exact) mass is 287 g/mol. The van der Waals surface area contributed by atoms with Crippen LogP contribution in [0, 0.1) is 0 Å². The lowest BCUT2D eigenvalue weighted by Crippen LogP contribution is -2.23. The maximum absolute atomic E-state index is 6.08.